The van der Waals surface area contributed by atoms with Crippen LogP contribution in [0.2, 0.25) is 0 Å². The first-order valence-electron chi connectivity index (χ1n) is 9.04. The largest absolute Gasteiger partial charge is 0.441 e. The van der Waals surface area contributed by atoms with Crippen molar-refractivity contribution in [1.82, 2.24) is 10.3 Å². The van der Waals surface area contributed by atoms with Gasteiger partial charge in [0.1, 0.15) is 0 Å². The zero-order valence-electron chi connectivity index (χ0n) is 15.0. The first kappa shape index (κ1) is 17.9. The Morgan fingerprint density at radius 3 is 2.46 bits per heavy atom. The van der Waals surface area contributed by atoms with Crippen LogP contribution < -0.4 is 5.32 Å². The molecule has 2 aromatic carbocycles. The van der Waals surface area contributed by atoms with Crippen molar-refractivity contribution in [2.45, 2.75) is 38.6 Å². The molecule has 4 nitrogen and oxygen atoms in total. The Balaban J connectivity index is 1.42. The maximum atomic E-state index is 12.1. The average Bonchev–Trinajstić information content (AvgIpc) is 3.15. The van der Waals surface area contributed by atoms with E-state index >= 15 is 0 Å². The van der Waals surface area contributed by atoms with E-state index in [1.165, 1.54) is 5.56 Å². The summed E-state index contributed by atoms with van der Waals surface area (Å²) in [6.45, 7) is 2.04. The summed E-state index contributed by atoms with van der Waals surface area (Å²) < 4.78 is 5.74. The van der Waals surface area contributed by atoms with Gasteiger partial charge in [0.2, 0.25) is 5.91 Å². The summed E-state index contributed by atoms with van der Waals surface area (Å²) >= 11 is 0. The molecule has 0 aliphatic heterocycles. The summed E-state index contributed by atoms with van der Waals surface area (Å²) in [4.78, 5) is 16.4. The van der Waals surface area contributed by atoms with Gasteiger partial charge < -0.3 is 9.73 Å². The number of hydrogen-bond acceptors (Lipinski definition) is 3. The van der Waals surface area contributed by atoms with Crippen LogP contribution in [0, 0.1) is 0 Å². The zero-order chi connectivity index (χ0) is 18.2. The first-order chi connectivity index (χ1) is 12.7. The van der Waals surface area contributed by atoms with E-state index in [4.69, 9.17) is 4.42 Å². The number of aromatic nitrogens is 1. The monoisotopic (exact) mass is 348 g/mol. The van der Waals surface area contributed by atoms with Gasteiger partial charge in [0, 0.05) is 24.4 Å². The molecule has 3 aromatic rings. The standard InChI is InChI=1S/C22H24N2O2/c1-17(12-13-18-8-4-2-5-9-18)24-21(25)14-15-22-23-16-20(26-22)19-10-6-3-7-11-19/h2-11,16-17H,12-15H2,1H3,(H,24,25). The molecule has 0 aliphatic carbocycles. The van der Waals surface area contributed by atoms with Crippen molar-refractivity contribution in [3.8, 4) is 11.3 Å². The van der Waals surface area contributed by atoms with Crippen molar-refractivity contribution < 1.29 is 9.21 Å². The van der Waals surface area contributed by atoms with E-state index in [0.717, 1.165) is 24.2 Å². The van der Waals surface area contributed by atoms with Gasteiger partial charge >= 0.3 is 0 Å². The molecule has 0 saturated heterocycles. The van der Waals surface area contributed by atoms with Crippen molar-refractivity contribution in [2.24, 2.45) is 0 Å². The molecule has 134 valence electrons. The maximum Gasteiger partial charge on any atom is 0.220 e. The van der Waals surface area contributed by atoms with Gasteiger partial charge in [-0.1, -0.05) is 60.7 Å². The van der Waals surface area contributed by atoms with E-state index in [2.05, 4.69) is 22.4 Å². The molecule has 1 N–H and O–H groups in total. The highest BCUT2D eigenvalue weighted by atomic mass is 16.4. The van der Waals surface area contributed by atoms with E-state index in [-0.39, 0.29) is 11.9 Å². The first-order valence-corrected chi connectivity index (χ1v) is 9.04. The highest BCUT2D eigenvalue weighted by Crippen LogP contribution is 2.20. The lowest BCUT2D eigenvalue weighted by Gasteiger charge is -2.13. The van der Waals surface area contributed by atoms with Crippen molar-refractivity contribution >= 4 is 5.91 Å². The number of nitrogens with zero attached hydrogens (tertiary/aromatic N) is 1. The van der Waals surface area contributed by atoms with Crippen LogP contribution in [-0.2, 0) is 17.6 Å². The summed E-state index contributed by atoms with van der Waals surface area (Å²) in [6, 6.07) is 20.3. The van der Waals surface area contributed by atoms with Crippen LogP contribution in [0.15, 0.2) is 71.3 Å². The van der Waals surface area contributed by atoms with Gasteiger partial charge in [-0.3, -0.25) is 4.79 Å². The van der Waals surface area contributed by atoms with Gasteiger partial charge in [0.25, 0.3) is 0 Å². The Bertz CT molecular complexity index is 812. The number of oxazole rings is 1. The molecule has 4 heteroatoms. The Labute approximate surface area is 154 Å². The maximum absolute atomic E-state index is 12.1. The number of nitrogens with one attached hydrogen (secondary N) is 1. The lowest BCUT2D eigenvalue weighted by molar-refractivity contribution is -0.121. The minimum atomic E-state index is 0.0324. The molecule has 1 atom stereocenters. The van der Waals surface area contributed by atoms with Crippen LogP contribution in [-0.4, -0.2) is 16.9 Å². The number of carbonyl (C=O) groups excluding carboxylic acids is 1. The molecule has 0 aliphatic rings. The lowest BCUT2D eigenvalue weighted by Crippen LogP contribution is -2.33. The van der Waals surface area contributed by atoms with E-state index in [0.29, 0.717) is 18.7 Å². The van der Waals surface area contributed by atoms with Crippen LogP contribution >= 0.6 is 0 Å². The molecule has 0 saturated carbocycles. The van der Waals surface area contributed by atoms with Crippen molar-refractivity contribution in [3.05, 3.63) is 78.3 Å². The van der Waals surface area contributed by atoms with Gasteiger partial charge in [-0.15, -0.1) is 0 Å². The highest BCUT2D eigenvalue weighted by molar-refractivity contribution is 5.76. The number of rotatable bonds is 8. The normalized spacial score (nSPS) is 11.9. The van der Waals surface area contributed by atoms with Crippen molar-refractivity contribution in [2.75, 3.05) is 0 Å². The second-order valence-electron chi connectivity index (χ2n) is 6.48. The number of hydrogen-bond donors (Lipinski definition) is 1. The summed E-state index contributed by atoms with van der Waals surface area (Å²) in [5.41, 5.74) is 2.28. The van der Waals surface area contributed by atoms with Crippen LogP contribution in [0.4, 0.5) is 0 Å². The molecule has 0 fully saturated rings. The highest BCUT2D eigenvalue weighted by Gasteiger charge is 2.11. The fourth-order valence-corrected chi connectivity index (χ4v) is 2.83. The SMILES string of the molecule is CC(CCc1ccccc1)NC(=O)CCc1ncc(-c2ccccc2)o1. The van der Waals surface area contributed by atoms with Gasteiger partial charge in [0.05, 0.1) is 6.20 Å². The van der Waals surface area contributed by atoms with E-state index in [1.807, 2.05) is 55.5 Å². The molecule has 1 aromatic heterocycles. The average molecular weight is 348 g/mol. The summed E-state index contributed by atoms with van der Waals surface area (Å²) in [5, 5.41) is 3.05. The molecule has 1 amide bonds. The van der Waals surface area contributed by atoms with Crippen LogP contribution in [0.25, 0.3) is 11.3 Å². The third-order valence-corrected chi connectivity index (χ3v) is 4.29. The van der Waals surface area contributed by atoms with Gasteiger partial charge in [-0.25, -0.2) is 4.98 Å². The molecular weight excluding hydrogens is 324 g/mol. The summed E-state index contributed by atoms with van der Waals surface area (Å²) in [6.07, 6.45) is 4.48. The van der Waals surface area contributed by atoms with E-state index < -0.39 is 0 Å². The van der Waals surface area contributed by atoms with Gasteiger partial charge in [0.15, 0.2) is 11.7 Å². The third kappa shape index (κ3) is 5.31. The summed E-state index contributed by atoms with van der Waals surface area (Å²) in [7, 11) is 0. The van der Waals surface area contributed by atoms with Crippen molar-refractivity contribution in [1.29, 1.82) is 0 Å². The number of amides is 1. The predicted octanol–water partition coefficient (Wildman–Crippen LogP) is 4.41. The number of carbonyl (C=O) groups is 1. The number of benzene rings is 2. The molecule has 0 spiro atoms. The fraction of sp³-hybridized carbons (Fsp3) is 0.273. The Hall–Kier alpha value is -2.88. The molecule has 1 heterocycles. The van der Waals surface area contributed by atoms with E-state index in [1.54, 1.807) is 6.20 Å². The van der Waals surface area contributed by atoms with Crippen LogP contribution in [0.1, 0.15) is 31.2 Å². The van der Waals surface area contributed by atoms with Crippen molar-refractivity contribution in [3.63, 3.8) is 0 Å². The minimum absolute atomic E-state index is 0.0324. The quantitative estimate of drug-likeness (QED) is 0.656. The smallest absolute Gasteiger partial charge is 0.220 e. The van der Waals surface area contributed by atoms with Crippen LogP contribution in [0.5, 0.6) is 0 Å². The van der Waals surface area contributed by atoms with Crippen LogP contribution in [0.3, 0.4) is 0 Å². The number of aryl methyl sites for hydroxylation is 2. The Morgan fingerprint density at radius 2 is 1.73 bits per heavy atom. The second-order valence-corrected chi connectivity index (χ2v) is 6.48. The van der Waals surface area contributed by atoms with Gasteiger partial charge in [-0.05, 0) is 25.3 Å². The second kappa shape index (κ2) is 8.99. The topological polar surface area (TPSA) is 55.1 Å². The molecule has 3 rings (SSSR count). The molecule has 0 bridgehead atoms. The fourth-order valence-electron chi connectivity index (χ4n) is 2.83. The summed E-state index contributed by atoms with van der Waals surface area (Å²) in [5.74, 6) is 1.36. The zero-order valence-corrected chi connectivity index (χ0v) is 15.0. The molecule has 26 heavy (non-hydrogen) atoms. The molecular formula is C22H24N2O2. The van der Waals surface area contributed by atoms with Gasteiger partial charge in [-0.2, -0.15) is 0 Å². The molecule has 0 radical (unpaired) electrons. The Kier molecular flexibility index (Phi) is 6.20. The minimum Gasteiger partial charge on any atom is -0.441 e. The lowest BCUT2D eigenvalue weighted by atomic mass is 10.1. The van der Waals surface area contributed by atoms with E-state index in [9.17, 15) is 4.79 Å². The predicted molar refractivity (Wildman–Crippen MR) is 103 cm³/mol. The molecule has 1 unspecified atom stereocenters. The third-order valence-electron chi connectivity index (χ3n) is 4.29. The Morgan fingerprint density at radius 1 is 1.04 bits per heavy atom.